The van der Waals surface area contributed by atoms with E-state index < -0.39 is 15.6 Å². The minimum atomic E-state index is -3.62. The molecule has 4 N–H and O–H groups in total. The first-order chi connectivity index (χ1) is 7.77. The van der Waals surface area contributed by atoms with Crippen molar-refractivity contribution in [2.45, 2.75) is 30.8 Å². The quantitative estimate of drug-likeness (QED) is 0.678. The first kappa shape index (κ1) is 14.0. The number of rotatable bonds is 5. The third kappa shape index (κ3) is 3.99. The summed E-state index contributed by atoms with van der Waals surface area (Å²) < 4.78 is 26.1. The van der Waals surface area contributed by atoms with Crippen LogP contribution in [0.3, 0.4) is 0 Å². The van der Waals surface area contributed by atoms with Crippen molar-refractivity contribution in [1.82, 2.24) is 4.72 Å². The van der Waals surface area contributed by atoms with Crippen LogP contribution in [0.2, 0.25) is 0 Å². The molecule has 0 aliphatic carbocycles. The number of hydrogen-bond acceptors (Lipinski definition) is 4. The van der Waals surface area contributed by atoms with E-state index in [0.717, 1.165) is 0 Å². The minimum Gasteiger partial charge on any atom is -0.399 e. The van der Waals surface area contributed by atoms with Crippen molar-refractivity contribution in [3.63, 3.8) is 0 Å². The Morgan fingerprint density at radius 2 is 2.12 bits per heavy atom. The number of sulfonamides is 1. The van der Waals surface area contributed by atoms with Gasteiger partial charge in [0.15, 0.2) is 0 Å². The topological polar surface area (TPSA) is 92.4 Å². The van der Waals surface area contributed by atoms with Gasteiger partial charge in [0.2, 0.25) is 10.0 Å². The summed E-state index contributed by atoms with van der Waals surface area (Å²) in [7, 11) is -3.62. The summed E-state index contributed by atoms with van der Waals surface area (Å²) in [6.07, 6.45) is 0.465. The van der Waals surface area contributed by atoms with Crippen LogP contribution in [0.4, 0.5) is 5.69 Å². The highest BCUT2D eigenvalue weighted by atomic mass is 32.2. The van der Waals surface area contributed by atoms with E-state index in [2.05, 4.69) is 4.72 Å². The highest BCUT2D eigenvalue weighted by Gasteiger charge is 2.22. The van der Waals surface area contributed by atoms with Gasteiger partial charge in [-0.1, -0.05) is 13.0 Å². The Hall–Kier alpha value is -1.11. The summed E-state index contributed by atoms with van der Waals surface area (Å²) in [6, 6.07) is 6.02. The van der Waals surface area contributed by atoms with Gasteiger partial charge in [-0.25, -0.2) is 13.1 Å². The molecule has 1 unspecified atom stereocenters. The van der Waals surface area contributed by atoms with Crippen LogP contribution >= 0.6 is 0 Å². The average molecular weight is 258 g/mol. The average Bonchev–Trinajstić information content (AvgIpc) is 2.27. The van der Waals surface area contributed by atoms with E-state index in [-0.39, 0.29) is 11.4 Å². The molecule has 0 heterocycles. The van der Waals surface area contributed by atoms with Crippen LogP contribution in [0.25, 0.3) is 0 Å². The molecule has 0 bridgehead atoms. The van der Waals surface area contributed by atoms with Crippen molar-refractivity contribution in [3.05, 3.63) is 24.3 Å². The van der Waals surface area contributed by atoms with E-state index >= 15 is 0 Å². The molecule has 0 aromatic heterocycles. The highest BCUT2D eigenvalue weighted by molar-refractivity contribution is 7.89. The Bertz CT molecular complexity index is 483. The molecule has 17 heavy (non-hydrogen) atoms. The number of nitrogen functional groups attached to an aromatic ring is 1. The molecule has 96 valence electrons. The van der Waals surface area contributed by atoms with Gasteiger partial charge in [-0.3, -0.25) is 0 Å². The van der Waals surface area contributed by atoms with E-state index in [1.165, 1.54) is 12.1 Å². The second-order valence-corrected chi connectivity index (χ2v) is 6.01. The van der Waals surface area contributed by atoms with Crippen LogP contribution in [0.1, 0.15) is 20.3 Å². The largest absolute Gasteiger partial charge is 0.399 e. The standard InChI is InChI=1S/C11H18N2O3S/c1-3-11(2,14)8-13-17(15,16)10-6-4-5-9(12)7-10/h4-7,13-14H,3,8,12H2,1-2H3. The summed E-state index contributed by atoms with van der Waals surface area (Å²) >= 11 is 0. The van der Waals surface area contributed by atoms with Gasteiger partial charge in [0.05, 0.1) is 10.5 Å². The lowest BCUT2D eigenvalue weighted by molar-refractivity contribution is 0.0613. The Labute approximate surface area is 102 Å². The zero-order valence-electron chi connectivity index (χ0n) is 9.97. The van der Waals surface area contributed by atoms with Gasteiger partial charge < -0.3 is 10.8 Å². The Kier molecular flexibility index (Phi) is 4.13. The maximum absolute atomic E-state index is 11.9. The number of nitrogens with one attached hydrogen (secondary N) is 1. The summed E-state index contributed by atoms with van der Waals surface area (Å²) in [5.74, 6) is 0. The van der Waals surface area contributed by atoms with E-state index in [4.69, 9.17) is 5.73 Å². The summed E-state index contributed by atoms with van der Waals surface area (Å²) in [5, 5.41) is 9.74. The summed E-state index contributed by atoms with van der Waals surface area (Å²) in [6.45, 7) is 3.34. The van der Waals surface area contributed by atoms with Crippen molar-refractivity contribution >= 4 is 15.7 Å². The van der Waals surface area contributed by atoms with Crippen molar-refractivity contribution in [2.24, 2.45) is 0 Å². The van der Waals surface area contributed by atoms with Gasteiger partial charge in [0, 0.05) is 12.2 Å². The zero-order chi connectivity index (χ0) is 13.1. The van der Waals surface area contributed by atoms with Gasteiger partial charge in [-0.2, -0.15) is 0 Å². The van der Waals surface area contributed by atoms with Crippen molar-refractivity contribution < 1.29 is 13.5 Å². The smallest absolute Gasteiger partial charge is 0.240 e. The molecule has 0 saturated carbocycles. The highest BCUT2D eigenvalue weighted by Crippen LogP contribution is 2.14. The molecule has 6 heteroatoms. The molecule has 0 fully saturated rings. The molecule has 1 rings (SSSR count). The van der Waals surface area contributed by atoms with Gasteiger partial charge >= 0.3 is 0 Å². The van der Waals surface area contributed by atoms with E-state index in [0.29, 0.717) is 12.1 Å². The minimum absolute atomic E-state index is 0.0272. The molecule has 0 saturated heterocycles. The Morgan fingerprint density at radius 1 is 1.47 bits per heavy atom. The Balaban J connectivity index is 2.83. The van der Waals surface area contributed by atoms with Crippen LogP contribution in [0, 0.1) is 0 Å². The van der Waals surface area contributed by atoms with Crippen molar-refractivity contribution in [3.8, 4) is 0 Å². The molecule has 5 nitrogen and oxygen atoms in total. The lowest BCUT2D eigenvalue weighted by atomic mass is 10.1. The van der Waals surface area contributed by atoms with Crippen LogP contribution in [-0.4, -0.2) is 25.7 Å². The van der Waals surface area contributed by atoms with E-state index in [9.17, 15) is 13.5 Å². The maximum Gasteiger partial charge on any atom is 0.240 e. The fourth-order valence-electron chi connectivity index (χ4n) is 1.14. The molecule has 0 aliphatic rings. The summed E-state index contributed by atoms with van der Waals surface area (Å²) in [5.41, 5.74) is 4.86. The summed E-state index contributed by atoms with van der Waals surface area (Å²) in [4.78, 5) is 0.101. The van der Waals surface area contributed by atoms with Crippen LogP contribution in [0.15, 0.2) is 29.2 Å². The molecular formula is C11H18N2O3S. The van der Waals surface area contributed by atoms with Crippen molar-refractivity contribution in [1.29, 1.82) is 0 Å². The number of aliphatic hydroxyl groups is 1. The third-order valence-corrected chi connectivity index (χ3v) is 3.97. The predicted octanol–water partition coefficient (Wildman–Crippen LogP) is 0.708. The first-order valence-electron chi connectivity index (χ1n) is 5.34. The molecule has 1 aromatic rings. The first-order valence-corrected chi connectivity index (χ1v) is 6.83. The van der Waals surface area contributed by atoms with Gasteiger partial charge in [-0.15, -0.1) is 0 Å². The van der Waals surface area contributed by atoms with E-state index in [1.54, 1.807) is 26.0 Å². The predicted molar refractivity (Wildman–Crippen MR) is 67.0 cm³/mol. The normalized spacial score (nSPS) is 15.5. The fourth-order valence-corrected chi connectivity index (χ4v) is 2.36. The SMILES string of the molecule is CCC(C)(O)CNS(=O)(=O)c1cccc(N)c1. The van der Waals surface area contributed by atoms with Gasteiger partial charge in [-0.05, 0) is 31.5 Å². The third-order valence-electron chi connectivity index (χ3n) is 2.57. The lowest BCUT2D eigenvalue weighted by Crippen LogP contribution is -2.40. The molecule has 0 radical (unpaired) electrons. The Morgan fingerprint density at radius 3 is 2.65 bits per heavy atom. The number of anilines is 1. The van der Waals surface area contributed by atoms with Crippen LogP contribution in [0.5, 0.6) is 0 Å². The number of nitrogens with two attached hydrogens (primary N) is 1. The van der Waals surface area contributed by atoms with Crippen LogP contribution < -0.4 is 10.5 Å². The molecule has 0 amide bonds. The molecular weight excluding hydrogens is 240 g/mol. The molecule has 1 atom stereocenters. The molecule has 0 spiro atoms. The number of hydrogen-bond donors (Lipinski definition) is 3. The molecule has 1 aromatic carbocycles. The van der Waals surface area contributed by atoms with E-state index in [1.807, 2.05) is 0 Å². The second-order valence-electron chi connectivity index (χ2n) is 4.25. The van der Waals surface area contributed by atoms with Gasteiger partial charge in [0.25, 0.3) is 0 Å². The van der Waals surface area contributed by atoms with Gasteiger partial charge in [0.1, 0.15) is 0 Å². The van der Waals surface area contributed by atoms with Crippen molar-refractivity contribution in [2.75, 3.05) is 12.3 Å². The second kappa shape index (κ2) is 5.03. The number of benzene rings is 1. The zero-order valence-corrected chi connectivity index (χ0v) is 10.8. The van der Waals surface area contributed by atoms with Crippen LogP contribution in [-0.2, 0) is 10.0 Å². The fraction of sp³-hybridized carbons (Fsp3) is 0.455. The maximum atomic E-state index is 11.9. The molecule has 0 aliphatic heterocycles. The lowest BCUT2D eigenvalue weighted by Gasteiger charge is -2.21. The monoisotopic (exact) mass is 258 g/mol.